The van der Waals surface area contributed by atoms with Gasteiger partial charge in [-0.3, -0.25) is 4.79 Å². The molecule has 2 aromatic heterocycles. The maximum Gasteiger partial charge on any atom is 0.433 e. The summed E-state index contributed by atoms with van der Waals surface area (Å²) in [5.41, 5.74) is -2.40. The maximum atomic E-state index is 13.2. The minimum Gasteiger partial charge on any atom is -0.501 e. The number of halogens is 3. The molecule has 0 spiro atoms. The van der Waals surface area contributed by atoms with E-state index in [4.69, 9.17) is 53.4 Å². The highest BCUT2D eigenvalue weighted by atomic mass is 19.4. The average molecular weight is 525 g/mol. The molecule has 1 fully saturated rings. The number of fused-ring (bicyclic) bond motifs is 2. The van der Waals surface area contributed by atoms with E-state index in [1.165, 1.54) is 12.1 Å². The van der Waals surface area contributed by atoms with Crippen molar-refractivity contribution in [2.45, 2.75) is 49.2 Å². The lowest BCUT2D eigenvalue weighted by atomic mass is 9.41. The van der Waals surface area contributed by atoms with Gasteiger partial charge in [0, 0.05) is 47.1 Å². The summed E-state index contributed by atoms with van der Waals surface area (Å²) in [4.78, 5) is 18.0. The van der Waals surface area contributed by atoms with Crippen molar-refractivity contribution in [3.8, 4) is 17.2 Å². The van der Waals surface area contributed by atoms with Crippen molar-refractivity contribution in [2.24, 2.45) is 0 Å². The summed E-state index contributed by atoms with van der Waals surface area (Å²) in [6.45, 7) is 4.09. The number of benzene rings is 1. The van der Waals surface area contributed by atoms with Gasteiger partial charge in [-0.05, 0) is 38.8 Å². The molecule has 1 saturated heterocycles. The van der Waals surface area contributed by atoms with Gasteiger partial charge in [-0.1, -0.05) is 0 Å². The molecule has 0 atom stereocenters. The molecule has 0 N–H and O–H groups in total. The van der Waals surface area contributed by atoms with Gasteiger partial charge in [-0.25, -0.2) is 4.98 Å². The van der Waals surface area contributed by atoms with Crippen LogP contribution in [0.2, 0.25) is 0 Å². The molecule has 8 nitrogen and oxygen atoms in total. The predicted octanol–water partition coefficient (Wildman–Crippen LogP) is 1.02. The smallest absolute Gasteiger partial charge is 0.433 e. The standard InChI is InChI=1S/C23H18B5F3N4O4/c1-11-12(2)19(33-35-17(36)10-16(21(29,30)31)32-18(11)35)34-7-5-20(24,6-8-34)37-13-3-4-14-15(9-13)39-23(27,28)22(25,26)38-14/h3-4,9-10H,5-8H2,1-2H3. The summed E-state index contributed by atoms with van der Waals surface area (Å²) in [6.07, 6.45) is -4.04. The summed E-state index contributed by atoms with van der Waals surface area (Å²) in [7, 11) is 29.7. The van der Waals surface area contributed by atoms with E-state index in [0.29, 0.717) is 54.7 Å². The molecule has 4 heterocycles. The highest BCUT2D eigenvalue weighted by molar-refractivity contribution is 6.53. The van der Waals surface area contributed by atoms with E-state index in [1.807, 2.05) is 4.90 Å². The first kappa shape index (κ1) is 27.4. The molecule has 1 aromatic carbocycles. The molecule has 10 radical (unpaired) electrons. The molecule has 2 aliphatic rings. The van der Waals surface area contributed by atoms with Crippen molar-refractivity contribution in [1.29, 1.82) is 0 Å². The Balaban J connectivity index is 1.35. The Labute approximate surface area is 228 Å². The number of ether oxygens (including phenoxy) is 3. The van der Waals surface area contributed by atoms with Crippen LogP contribution in [0.4, 0.5) is 19.0 Å². The SMILES string of the molecule is [B]C1(Oc2ccc3c(c2)OC([B])([B])C([B])([B])O3)CCN(c2nn3c(=O)cc(C(F)(F)F)nc3c(C)c2C)CC1. The molecule has 190 valence electrons. The van der Waals surface area contributed by atoms with E-state index in [1.54, 1.807) is 19.9 Å². The van der Waals surface area contributed by atoms with Gasteiger partial charge in [0.05, 0.1) is 5.50 Å². The van der Waals surface area contributed by atoms with Gasteiger partial charge in [-0.2, -0.15) is 17.7 Å². The van der Waals surface area contributed by atoms with Crippen molar-refractivity contribution in [2.75, 3.05) is 18.0 Å². The zero-order valence-electron chi connectivity index (χ0n) is 21.1. The first-order valence-corrected chi connectivity index (χ1v) is 11.9. The normalized spacial score (nSPS) is 19.6. The Hall–Kier alpha value is -3.18. The monoisotopic (exact) mass is 526 g/mol. The van der Waals surface area contributed by atoms with Crippen LogP contribution >= 0.6 is 0 Å². The number of rotatable bonds is 3. The molecule has 39 heavy (non-hydrogen) atoms. The fourth-order valence-corrected chi connectivity index (χ4v) is 4.44. The number of aromatic nitrogens is 3. The van der Waals surface area contributed by atoms with Crippen LogP contribution in [0, 0.1) is 13.8 Å². The molecule has 0 bridgehead atoms. The van der Waals surface area contributed by atoms with Crippen LogP contribution in [0.25, 0.3) is 5.65 Å². The Bertz CT molecular complexity index is 1520. The van der Waals surface area contributed by atoms with Crippen LogP contribution in [-0.2, 0) is 6.18 Å². The number of hydrogen-bond donors (Lipinski definition) is 0. The third-order valence-electron chi connectivity index (χ3n) is 6.93. The van der Waals surface area contributed by atoms with Crippen molar-refractivity contribution in [3.05, 3.63) is 51.4 Å². The maximum absolute atomic E-state index is 13.2. The van der Waals surface area contributed by atoms with Gasteiger partial charge in [0.1, 0.15) is 45.0 Å². The Morgan fingerprint density at radius 3 is 2.18 bits per heavy atom. The summed E-state index contributed by atoms with van der Waals surface area (Å²) in [5, 5.41) is 0.371. The lowest BCUT2D eigenvalue weighted by Crippen LogP contribution is -2.65. The van der Waals surface area contributed by atoms with Crippen LogP contribution in [0.5, 0.6) is 17.2 Å². The Morgan fingerprint density at radius 2 is 1.56 bits per heavy atom. The zero-order valence-corrected chi connectivity index (χ0v) is 21.1. The number of aryl methyl sites for hydroxylation is 1. The second kappa shape index (κ2) is 8.92. The van der Waals surface area contributed by atoms with Crippen molar-refractivity contribution >= 4 is 50.7 Å². The first-order valence-electron chi connectivity index (χ1n) is 11.9. The summed E-state index contributed by atoms with van der Waals surface area (Å²) in [5.74, 6) is 1.20. The fourth-order valence-electron chi connectivity index (χ4n) is 4.44. The largest absolute Gasteiger partial charge is 0.501 e. The number of nitrogens with zero attached hydrogens (tertiary/aromatic N) is 4. The second-order valence-corrected chi connectivity index (χ2v) is 9.84. The molecule has 5 rings (SSSR count). The van der Waals surface area contributed by atoms with Crippen LogP contribution < -0.4 is 24.7 Å². The van der Waals surface area contributed by atoms with Crippen LogP contribution in [-0.4, -0.2) is 83.2 Å². The number of piperidine rings is 1. The second-order valence-electron chi connectivity index (χ2n) is 9.84. The molecule has 0 saturated carbocycles. The third kappa shape index (κ3) is 4.86. The fraction of sp³-hybridized carbons (Fsp3) is 0.435. The minimum atomic E-state index is -4.75. The summed E-state index contributed by atoms with van der Waals surface area (Å²) in [6, 6.07) is 5.08. The topological polar surface area (TPSA) is 78.2 Å². The van der Waals surface area contributed by atoms with Crippen molar-refractivity contribution < 1.29 is 27.4 Å². The molecular formula is C23H18B5F3N4O4. The number of alkyl halides is 3. The van der Waals surface area contributed by atoms with Gasteiger partial charge >= 0.3 is 6.18 Å². The van der Waals surface area contributed by atoms with Gasteiger partial charge in [0.15, 0.2) is 28.7 Å². The molecule has 3 aromatic rings. The van der Waals surface area contributed by atoms with E-state index in [2.05, 4.69) is 10.1 Å². The summed E-state index contributed by atoms with van der Waals surface area (Å²) >= 11 is 0. The first-order chi connectivity index (χ1) is 18.0. The van der Waals surface area contributed by atoms with E-state index in [9.17, 15) is 18.0 Å². The van der Waals surface area contributed by atoms with Crippen LogP contribution in [0.15, 0.2) is 29.1 Å². The lowest BCUT2D eigenvalue weighted by molar-refractivity contribution is -0.141. The Morgan fingerprint density at radius 1 is 0.949 bits per heavy atom. The molecule has 0 amide bonds. The van der Waals surface area contributed by atoms with Gasteiger partial charge in [0.25, 0.3) is 5.56 Å². The van der Waals surface area contributed by atoms with E-state index in [0.717, 1.165) is 4.52 Å². The highest BCUT2D eigenvalue weighted by Gasteiger charge is 2.43. The molecule has 0 aliphatic carbocycles. The van der Waals surface area contributed by atoms with E-state index < -0.39 is 33.7 Å². The van der Waals surface area contributed by atoms with E-state index >= 15 is 0 Å². The van der Waals surface area contributed by atoms with E-state index in [-0.39, 0.29) is 17.1 Å². The minimum absolute atomic E-state index is 0.149. The van der Waals surface area contributed by atoms with Crippen molar-refractivity contribution in [1.82, 2.24) is 14.6 Å². The zero-order chi connectivity index (χ0) is 28.5. The quantitative estimate of drug-likeness (QED) is 0.473. The average Bonchev–Trinajstić information content (AvgIpc) is 2.82. The Kier molecular flexibility index (Phi) is 6.27. The molecule has 2 aliphatic heterocycles. The molecular weight excluding hydrogens is 507 g/mol. The molecule has 0 unspecified atom stereocenters. The van der Waals surface area contributed by atoms with Crippen molar-refractivity contribution in [3.63, 3.8) is 0 Å². The number of hydrogen-bond acceptors (Lipinski definition) is 7. The van der Waals surface area contributed by atoms with Gasteiger partial charge < -0.3 is 19.1 Å². The van der Waals surface area contributed by atoms with Gasteiger partial charge in [0.2, 0.25) is 0 Å². The third-order valence-corrected chi connectivity index (χ3v) is 6.93. The molecule has 16 heteroatoms. The van der Waals surface area contributed by atoms with Crippen LogP contribution in [0.1, 0.15) is 29.7 Å². The lowest BCUT2D eigenvalue weighted by Gasteiger charge is -2.48. The summed E-state index contributed by atoms with van der Waals surface area (Å²) < 4.78 is 57.5. The predicted molar refractivity (Wildman–Crippen MR) is 140 cm³/mol. The van der Waals surface area contributed by atoms with Gasteiger partial charge in [-0.15, -0.1) is 5.10 Å². The van der Waals surface area contributed by atoms with Crippen LogP contribution in [0.3, 0.4) is 0 Å². The highest BCUT2D eigenvalue weighted by Crippen LogP contribution is 2.42. The number of anilines is 1.